The van der Waals surface area contributed by atoms with Crippen LogP contribution in [0.15, 0.2) is 0 Å². The molecule has 0 radical (unpaired) electrons. The number of aliphatic hydroxyl groups is 3. The summed E-state index contributed by atoms with van der Waals surface area (Å²) in [5.41, 5.74) is 0. The first-order valence-electron chi connectivity index (χ1n) is 34.5. The van der Waals surface area contributed by atoms with Gasteiger partial charge in [0.25, 0.3) is 0 Å². The second-order valence-corrected chi connectivity index (χ2v) is 22.0. The van der Waals surface area contributed by atoms with Crippen LogP contribution in [0.5, 0.6) is 0 Å². The molecule has 1 aliphatic rings. The maximum absolute atomic E-state index is 11.7. The van der Waals surface area contributed by atoms with Crippen LogP contribution in [0.2, 0.25) is 0 Å². The number of aliphatic hydroxyl groups excluding tert-OH is 3. The zero-order valence-corrected chi connectivity index (χ0v) is 61.6. The molecule has 1 aliphatic heterocycles. The molecule has 0 aromatic rings. The lowest BCUT2D eigenvalue weighted by Gasteiger charge is -2.16. The third-order valence-electron chi connectivity index (χ3n) is 13.0. The van der Waals surface area contributed by atoms with E-state index in [9.17, 15) is 52.7 Å². The summed E-state index contributed by atoms with van der Waals surface area (Å²) >= 11 is 0. The van der Waals surface area contributed by atoms with Gasteiger partial charge in [0.2, 0.25) is 0 Å². The van der Waals surface area contributed by atoms with E-state index in [-0.39, 0.29) is 148 Å². The topological polar surface area (TPSA) is 387 Å². The number of nitrogens with zero attached hydrogens (tertiary/aromatic N) is 3. The van der Waals surface area contributed by atoms with Gasteiger partial charge in [0.1, 0.15) is 52.0 Å². The first kappa shape index (κ1) is 102. The number of Topliss-reactive ketones (excluding diaryl/α,β-unsaturated/α-hetero) is 1. The minimum atomic E-state index is -0.585. The highest BCUT2D eigenvalue weighted by molar-refractivity contribution is 5.81. The SMILES string of the molecule is CCCOC(=O)CCC(=O)OCCC(=O)OCCN(C)CCOC(=O)CCC(=O)OCCOC.CCOC(=O)CCC(C)=O.CN(CCO)CCO.COCCO.COCCOC(=O)CCC(=O)OCCN(C)CCOC(=O)CCOC.O=C1CCCCCCCCCCCCCCO1. The normalized spacial score (nSPS) is 12.4. The molecule has 0 aromatic carbocycles. The van der Waals surface area contributed by atoms with Gasteiger partial charge < -0.3 is 91.3 Å². The zero-order chi connectivity index (χ0) is 75.2. The van der Waals surface area contributed by atoms with Crippen LogP contribution in [-0.2, 0) is 119 Å². The van der Waals surface area contributed by atoms with E-state index in [1.165, 1.54) is 92.5 Å². The molecule has 31 heteroatoms. The number of cyclic esters (lactones) is 1. The number of hydrogen-bond donors (Lipinski definition) is 3. The number of ether oxygens (including phenoxy) is 14. The molecule has 1 heterocycles. The summed E-state index contributed by atoms with van der Waals surface area (Å²) in [5, 5.41) is 24.6. The quantitative estimate of drug-likeness (QED) is 0.0422. The summed E-state index contributed by atoms with van der Waals surface area (Å²) in [6, 6.07) is 0. The average Bonchev–Trinajstić information content (AvgIpc) is 3.34. The first-order chi connectivity index (χ1) is 47.5. The summed E-state index contributed by atoms with van der Waals surface area (Å²) < 4.78 is 68.1. The molecule has 0 aliphatic carbocycles. The summed E-state index contributed by atoms with van der Waals surface area (Å²) in [7, 11) is 11.5. The number of methoxy groups -OCH3 is 4. The lowest BCUT2D eigenvalue weighted by atomic mass is 10.0. The summed E-state index contributed by atoms with van der Waals surface area (Å²) in [6.07, 6.45) is 17.0. The number of ketones is 1. The first-order valence-corrected chi connectivity index (χ1v) is 34.5. The number of carbonyl (C=O) groups excluding carboxylic acids is 11. The minimum absolute atomic E-state index is 0.0112. The molecule has 99 heavy (non-hydrogen) atoms. The van der Waals surface area contributed by atoms with Crippen LogP contribution >= 0.6 is 0 Å². The molecule has 1 fully saturated rings. The summed E-state index contributed by atoms with van der Waals surface area (Å²) in [6.45, 7) is 12.3. The lowest BCUT2D eigenvalue weighted by Crippen LogP contribution is -2.28. The van der Waals surface area contributed by atoms with Gasteiger partial charge in [-0.1, -0.05) is 71.1 Å². The van der Waals surface area contributed by atoms with Crippen molar-refractivity contribution in [3.05, 3.63) is 0 Å². The fourth-order valence-corrected chi connectivity index (χ4v) is 7.25. The molecule has 0 bridgehead atoms. The summed E-state index contributed by atoms with van der Waals surface area (Å²) in [5.74, 6) is -4.04. The van der Waals surface area contributed by atoms with Gasteiger partial charge in [-0.15, -0.1) is 0 Å². The number of esters is 10. The third-order valence-corrected chi connectivity index (χ3v) is 13.0. The number of likely N-dealkylation sites (N-methyl/N-ethyl adjacent to an activating group) is 3. The highest BCUT2D eigenvalue weighted by Gasteiger charge is 2.14. The van der Waals surface area contributed by atoms with E-state index in [0.29, 0.717) is 105 Å². The van der Waals surface area contributed by atoms with Gasteiger partial charge in [0.05, 0.1) is 124 Å². The number of carbonyl (C=O) groups is 11. The Labute approximate surface area is 588 Å². The van der Waals surface area contributed by atoms with Crippen LogP contribution in [-0.4, -0.2) is 297 Å². The highest BCUT2D eigenvalue weighted by atomic mass is 16.6. The van der Waals surface area contributed by atoms with Crippen molar-refractivity contribution in [1.29, 1.82) is 0 Å². The Balaban J connectivity index is -0.000000395. The number of rotatable bonds is 45. The molecule has 0 aromatic heterocycles. The van der Waals surface area contributed by atoms with Crippen LogP contribution in [0.3, 0.4) is 0 Å². The Kier molecular flexibility index (Phi) is 83.1. The van der Waals surface area contributed by atoms with E-state index in [2.05, 4.69) is 9.47 Å². The maximum Gasteiger partial charge on any atom is 0.309 e. The molecule has 0 amide bonds. The van der Waals surface area contributed by atoms with Crippen molar-refractivity contribution in [3.63, 3.8) is 0 Å². The van der Waals surface area contributed by atoms with E-state index in [4.69, 9.17) is 72.2 Å². The fraction of sp³-hybridized carbons (Fsp3) is 0.838. The van der Waals surface area contributed by atoms with Gasteiger partial charge in [0.15, 0.2) is 0 Å². The molecule has 582 valence electrons. The average molecular weight is 1430 g/mol. The Morgan fingerprint density at radius 2 is 0.626 bits per heavy atom. The van der Waals surface area contributed by atoms with E-state index < -0.39 is 41.8 Å². The molecule has 31 nitrogen and oxygen atoms in total. The second kappa shape index (κ2) is 80.9. The van der Waals surface area contributed by atoms with Crippen molar-refractivity contribution < 1.29 is 134 Å². The monoisotopic (exact) mass is 1430 g/mol. The van der Waals surface area contributed by atoms with Crippen LogP contribution in [0.25, 0.3) is 0 Å². The number of hydrogen-bond acceptors (Lipinski definition) is 31. The van der Waals surface area contributed by atoms with Crippen molar-refractivity contribution in [2.75, 3.05) is 201 Å². The predicted octanol–water partition coefficient (Wildman–Crippen LogP) is 4.71. The van der Waals surface area contributed by atoms with E-state index in [1.807, 2.05) is 30.8 Å². The van der Waals surface area contributed by atoms with Gasteiger partial charge in [0, 0.05) is 80.5 Å². The van der Waals surface area contributed by atoms with Crippen molar-refractivity contribution in [3.8, 4) is 0 Å². The largest absolute Gasteiger partial charge is 0.466 e. The molecular weight excluding hydrogens is 1310 g/mol. The van der Waals surface area contributed by atoms with Crippen molar-refractivity contribution in [1.82, 2.24) is 14.7 Å². The van der Waals surface area contributed by atoms with E-state index >= 15 is 0 Å². The van der Waals surface area contributed by atoms with Gasteiger partial charge in [-0.05, 0) is 54.3 Å². The van der Waals surface area contributed by atoms with Crippen molar-refractivity contribution in [2.45, 2.75) is 175 Å². The second-order valence-electron chi connectivity index (χ2n) is 22.0. The maximum atomic E-state index is 11.7. The van der Waals surface area contributed by atoms with Crippen LogP contribution in [0.1, 0.15) is 175 Å². The van der Waals surface area contributed by atoms with Crippen LogP contribution in [0.4, 0.5) is 0 Å². The Hall–Kier alpha value is -6.03. The standard InChI is InChI=1S/C22H37NO11.C16H29NO8.C15H28O2.C7H12O3.C5H13NO2.C3H8O2/c1-4-12-30-18(24)5-6-19(25)31-13-9-22(28)33-15-11-23(2)10-14-32-20(26)7-8-21(27)34-17-16-29-3;1-17(8-11-24-16(20)6-9-21-2)7-10-23-14(18)4-5-15(19)25-13-12-22-3;16-15-13-11-9-7-5-3-1-2-4-6-8-10-12-14-17-15;1-3-10-7(9)5-4-6(2)8;1-6(2-4-7)3-5-8;1-5-3-2-4/h4-17H2,1-3H3;4-13H2,1-3H3;1-14H2;3-5H2,1-2H3;7-8H,2-5H2,1H3;4H,2-3H2,1H3. The molecule has 1 saturated heterocycles. The molecule has 0 atom stereocenters. The third kappa shape index (κ3) is 90.0. The Morgan fingerprint density at radius 1 is 0.333 bits per heavy atom. The Bertz CT molecular complexity index is 1960. The van der Waals surface area contributed by atoms with Gasteiger partial charge in [-0.3, -0.25) is 57.7 Å². The zero-order valence-electron chi connectivity index (χ0n) is 61.6. The lowest BCUT2D eigenvalue weighted by molar-refractivity contribution is -0.153. The van der Waals surface area contributed by atoms with Gasteiger partial charge >= 0.3 is 59.7 Å². The summed E-state index contributed by atoms with van der Waals surface area (Å²) in [4.78, 5) is 129. The van der Waals surface area contributed by atoms with Crippen molar-refractivity contribution >= 4 is 65.5 Å². The molecule has 0 unspecified atom stereocenters. The fourth-order valence-electron chi connectivity index (χ4n) is 7.25. The molecule has 0 saturated carbocycles. The van der Waals surface area contributed by atoms with Gasteiger partial charge in [-0.25, -0.2) is 0 Å². The Morgan fingerprint density at radius 3 is 0.949 bits per heavy atom. The molecule has 3 N–H and O–H groups in total. The minimum Gasteiger partial charge on any atom is -0.466 e. The predicted molar refractivity (Wildman–Crippen MR) is 364 cm³/mol. The van der Waals surface area contributed by atoms with Crippen LogP contribution in [0, 0.1) is 0 Å². The molecular formula is C68H127N3O28. The van der Waals surface area contributed by atoms with E-state index in [1.54, 1.807) is 26.0 Å². The van der Waals surface area contributed by atoms with Gasteiger partial charge in [-0.2, -0.15) is 0 Å². The highest BCUT2D eigenvalue weighted by Crippen LogP contribution is 2.14. The molecule has 0 spiro atoms. The van der Waals surface area contributed by atoms with E-state index in [0.717, 1.165) is 12.8 Å². The van der Waals surface area contributed by atoms with Crippen LogP contribution < -0.4 is 0 Å². The van der Waals surface area contributed by atoms with Crippen molar-refractivity contribution in [2.24, 2.45) is 0 Å². The smallest absolute Gasteiger partial charge is 0.309 e. The molecule has 1 rings (SSSR count).